The van der Waals surface area contributed by atoms with Crippen molar-refractivity contribution in [1.82, 2.24) is 10.6 Å². The lowest BCUT2D eigenvalue weighted by Crippen LogP contribution is -2.44. The molecule has 0 saturated heterocycles. The largest absolute Gasteiger partial charge is 0.452 e. The first-order chi connectivity index (χ1) is 10.8. The number of ether oxygens (including phenoxy) is 1. The van der Waals surface area contributed by atoms with E-state index < -0.39 is 35.1 Å². The highest BCUT2D eigenvalue weighted by Gasteiger charge is 2.21. The van der Waals surface area contributed by atoms with Gasteiger partial charge in [0, 0.05) is 12.1 Å². The summed E-state index contributed by atoms with van der Waals surface area (Å²) < 4.78 is 4.68. The summed E-state index contributed by atoms with van der Waals surface area (Å²) in [7, 11) is 0. The predicted molar refractivity (Wildman–Crippen MR) is 79.8 cm³/mol. The highest BCUT2D eigenvalue weighted by atomic mass is 16.6. The van der Waals surface area contributed by atoms with Crippen molar-refractivity contribution in [3.8, 4) is 0 Å². The highest BCUT2D eigenvalue weighted by Crippen LogP contribution is 2.18. The Hall–Kier alpha value is -2.97. The van der Waals surface area contributed by atoms with Gasteiger partial charge in [-0.25, -0.2) is 9.59 Å². The second-order valence-electron chi connectivity index (χ2n) is 4.68. The van der Waals surface area contributed by atoms with E-state index in [0.717, 1.165) is 6.07 Å². The molecule has 2 N–H and O–H groups in total. The van der Waals surface area contributed by atoms with E-state index in [1.54, 1.807) is 6.92 Å². The zero-order valence-electron chi connectivity index (χ0n) is 12.7. The van der Waals surface area contributed by atoms with Crippen LogP contribution in [-0.4, -0.2) is 35.5 Å². The quantitative estimate of drug-likeness (QED) is 0.462. The van der Waals surface area contributed by atoms with Crippen molar-refractivity contribution < 1.29 is 24.0 Å². The fourth-order valence-corrected chi connectivity index (χ4v) is 1.54. The minimum atomic E-state index is -1.02. The molecule has 1 aromatic rings. The topological polar surface area (TPSA) is 128 Å². The number of hydrogen-bond acceptors (Lipinski definition) is 6. The van der Waals surface area contributed by atoms with Gasteiger partial charge in [0.05, 0.1) is 4.92 Å². The van der Waals surface area contributed by atoms with E-state index in [0.29, 0.717) is 6.42 Å². The summed E-state index contributed by atoms with van der Waals surface area (Å²) in [6.45, 7) is 2.90. The molecule has 23 heavy (non-hydrogen) atoms. The Labute approximate surface area is 132 Å². The number of nitro benzene ring substituents is 1. The molecule has 0 aliphatic rings. The third kappa shape index (κ3) is 5.73. The van der Waals surface area contributed by atoms with Crippen molar-refractivity contribution in [2.45, 2.75) is 26.3 Å². The first-order valence-corrected chi connectivity index (χ1v) is 6.86. The van der Waals surface area contributed by atoms with Gasteiger partial charge in [0.2, 0.25) is 0 Å². The summed E-state index contributed by atoms with van der Waals surface area (Å²) in [5, 5.41) is 15.3. The number of amides is 3. The summed E-state index contributed by atoms with van der Waals surface area (Å²) in [5.41, 5.74) is -0.693. The standard InChI is InChI=1S/C14H17N3O6/c1-3-9(2)15-14(20)16-12(18)8-23-13(19)10-6-4-5-7-11(10)17(21)22/h4-7,9H,3,8H2,1-2H3,(H2,15,16,18,20)/t9-/m1/s1. The van der Waals surface area contributed by atoms with Crippen molar-refractivity contribution in [2.24, 2.45) is 0 Å². The molecule has 0 heterocycles. The van der Waals surface area contributed by atoms with Gasteiger partial charge >= 0.3 is 12.0 Å². The van der Waals surface area contributed by atoms with Gasteiger partial charge in [0.1, 0.15) is 5.56 Å². The number of nitrogens with zero attached hydrogens (tertiary/aromatic N) is 1. The minimum Gasteiger partial charge on any atom is -0.452 e. The average molecular weight is 323 g/mol. The van der Waals surface area contributed by atoms with Crippen molar-refractivity contribution in [2.75, 3.05) is 6.61 Å². The molecule has 0 aromatic heterocycles. The second-order valence-corrected chi connectivity index (χ2v) is 4.68. The molecule has 1 atom stereocenters. The summed E-state index contributed by atoms with van der Waals surface area (Å²) in [6, 6.07) is 4.39. The van der Waals surface area contributed by atoms with Crippen LogP contribution in [0.25, 0.3) is 0 Å². The average Bonchev–Trinajstić information content (AvgIpc) is 2.52. The van der Waals surface area contributed by atoms with Crippen LogP contribution < -0.4 is 10.6 Å². The SMILES string of the molecule is CC[C@@H](C)NC(=O)NC(=O)COC(=O)c1ccccc1[N+](=O)[O-]. The van der Waals surface area contributed by atoms with Crippen molar-refractivity contribution in [3.63, 3.8) is 0 Å². The highest BCUT2D eigenvalue weighted by molar-refractivity contribution is 5.98. The van der Waals surface area contributed by atoms with Crippen LogP contribution >= 0.6 is 0 Å². The molecule has 0 aliphatic heterocycles. The molecule has 124 valence electrons. The van der Waals surface area contributed by atoms with Crippen LogP contribution in [0, 0.1) is 10.1 Å². The fraction of sp³-hybridized carbons (Fsp3) is 0.357. The van der Waals surface area contributed by atoms with E-state index in [4.69, 9.17) is 0 Å². The molecular formula is C14H17N3O6. The number of nitrogens with one attached hydrogen (secondary N) is 2. The van der Waals surface area contributed by atoms with Crippen molar-refractivity contribution in [3.05, 3.63) is 39.9 Å². The fourth-order valence-electron chi connectivity index (χ4n) is 1.54. The molecule has 0 fully saturated rings. The Morgan fingerprint density at radius 2 is 1.96 bits per heavy atom. The predicted octanol–water partition coefficient (Wildman–Crippen LogP) is 1.38. The van der Waals surface area contributed by atoms with Gasteiger partial charge in [-0.1, -0.05) is 19.1 Å². The third-order valence-corrected chi connectivity index (χ3v) is 2.90. The lowest BCUT2D eigenvalue weighted by Gasteiger charge is -2.11. The van der Waals surface area contributed by atoms with Gasteiger partial charge in [0.15, 0.2) is 6.61 Å². The maximum atomic E-state index is 11.8. The molecule has 9 nitrogen and oxygen atoms in total. The van der Waals surface area contributed by atoms with Gasteiger partial charge in [-0.3, -0.25) is 20.2 Å². The molecule has 0 radical (unpaired) electrons. The van der Waals surface area contributed by atoms with Crippen LogP contribution in [0.5, 0.6) is 0 Å². The molecule has 1 rings (SSSR count). The van der Waals surface area contributed by atoms with Crippen molar-refractivity contribution in [1.29, 1.82) is 0 Å². The maximum absolute atomic E-state index is 11.8. The monoisotopic (exact) mass is 323 g/mol. The lowest BCUT2D eigenvalue weighted by molar-refractivity contribution is -0.385. The number of carbonyl (C=O) groups is 3. The smallest absolute Gasteiger partial charge is 0.345 e. The Balaban J connectivity index is 2.55. The number of rotatable bonds is 6. The van der Waals surface area contributed by atoms with Gasteiger partial charge in [-0.05, 0) is 19.4 Å². The molecular weight excluding hydrogens is 306 g/mol. The summed E-state index contributed by atoms with van der Waals surface area (Å²) in [4.78, 5) is 44.8. The van der Waals surface area contributed by atoms with E-state index in [9.17, 15) is 24.5 Å². The number of nitro groups is 1. The Kier molecular flexibility index (Phi) is 6.66. The van der Waals surface area contributed by atoms with Gasteiger partial charge in [-0.15, -0.1) is 0 Å². The zero-order chi connectivity index (χ0) is 17.4. The summed E-state index contributed by atoms with van der Waals surface area (Å²) in [6.07, 6.45) is 0.689. The summed E-state index contributed by atoms with van der Waals surface area (Å²) in [5.74, 6) is -1.85. The van der Waals surface area contributed by atoms with Gasteiger partial charge in [0.25, 0.3) is 11.6 Å². The Bertz CT molecular complexity index is 616. The summed E-state index contributed by atoms with van der Waals surface area (Å²) >= 11 is 0. The molecule has 0 unspecified atom stereocenters. The molecule has 0 bridgehead atoms. The number of para-hydroxylation sites is 1. The van der Waals surface area contributed by atoms with Crippen molar-refractivity contribution >= 4 is 23.6 Å². The first kappa shape index (κ1) is 18.1. The number of benzene rings is 1. The number of hydrogen-bond donors (Lipinski definition) is 2. The second kappa shape index (κ2) is 8.47. The van der Waals surface area contributed by atoms with Crippen LogP contribution in [0.4, 0.5) is 10.5 Å². The van der Waals surface area contributed by atoms with E-state index in [2.05, 4.69) is 10.1 Å². The maximum Gasteiger partial charge on any atom is 0.345 e. The lowest BCUT2D eigenvalue weighted by atomic mass is 10.2. The molecule has 1 aromatic carbocycles. The number of carbonyl (C=O) groups excluding carboxylic acids is 3. The van der Waals surface area contributed by atoms with Crippen LogP contribution in [0.2, 0.25) is 0 Å². The minimum absolute atomic E-state index is 0.114. The third-order valence-electron chi connectivity index (χ3n) is 2.90. The van der Waals surface area contributed by atoms with Gasteiger partial charge < -0.3 is 10.1 Å². The number of esters is 1. The van der Waals surface area contributed by atoms with Crippen LogP contribution in [0.1, 0.15) is 30.6 Å². The number of urea groups is 1. The molecule has 3 amide bonds. The van der Waals surface area contributed by atoms with Crippen LogP contribution in [0.15, 0.2) is 24.3 Å². The molecule has 0 aliphatic carbocycles. The molecule has 9 heteroatoms. The Morgan fingerprint density at radius 3 is 2.57 bits per heavy atom. The van der Waals surface area contributed by atoms with E-state index >= 15 is 0 Å². The van der Waals surface area contributed by atoms with Crippen LogP contribution in [0.3, 0.4) is 0 Å². The van der Waals surface area contributed by atoms with E-state index in [1.807, 2.05) is 12.2 Å². The normalized spacial score (nSPS) is 11.2. The molecule has 0 spiro atoms. The van der Waals surface area contributed by atoms with E-state index in [-0.39, 0.29) is 11.6 Å². The number of imide groups is 1. The Morgan fingerprint density at radius 1 is 1.30 bits per heavy atom. The van der Waals surface area contributed by atoms with Crippen LogP contribution in [-0.2, 0) is 9.53 Å². The first-order valence-electron chi connectivity index (χ1n) is 6.86. The zero-order valence-corrected chi connectivity index (χ0v) is 12.7. The molecule has 0 saturated carbocycles. The van der Waals surface area contributed by atoms with E-state index in [1.165, 1.54) is 18.2 Å². The van der Waals surface area contributed by atoms with Gasteiger partial charge in [-0.2, -0.15) is 0 Å².